The molecule has 3 rings (SSSR count). The van der Waals surface area contributed by atoms with Crippen LogP contribution in [0.1, 0.15) is 13.8 Å². The molecule has 3 unspecified atom stereocenters. The first-order valence-corrected chi connectivity index (χ1v) is 10.2. The molecule has 0 aromatic heterocycles. The third-order valence-electron chi connectivity index (χ3n) is 5.06. The van der Waals surface area contributed by atoms with Gasteiger partial charge < -0.3 is 44.7 Å². The van der Waals surface area contributed by atoms with E-state index < -0.39 is 42.8 Å². The van der Waals surface area contributed by atoms with Gasteiger partial charge in [0.2, 0.25) is 0 Å². The maximum absolute atomic E-state index is 11.2. The van der Waals surface area contributed by atoms with Crippen molar-refractivity contribution in [2.45, 2.75) is 56.7 Å². The molecule has 2 aromatic carbocycles. The summed E-state index contributed by atoms with van der Waals surface area (Å²) in [7, 11) is 0. The molecule has 32 heavy (non-hydrogen) atoms. The minimum Gasteiger partial charge on any atom is -0.547 e. The molecular formula is C22H28NNaO8. The van der Waals surface area contributed by atoms with Crippen LogP contribution in [-0.4, -0.2) is 77.3 Å². The van der Waals surface area contributed by atoms with E-state index in [0.717, 1.165) is 10.8 Å². The van der Waals surface area contributed by atoms with Crippen molar-refractivity contribution in [1.29, 1.82) is 0 Å². The number of aliphatic hydroxyl groups is 3. The van der Waals surface area contributed by atoms with Crippen LogP contribution in [0.5, 0.6) is 5.75 Å². The Labute approximate surface area is 208 Å². The largest absolute Gasteiger partial charge is 1.00 e. The summed E-state index contributed by atoms with van der Waals surface area (Å²) in [5, 5.41) is 46.4. The van der Waals surface area contributed by atoms with Gasteiger partial charge in [0.1, 0.15) is 42.9 Å². The van der Waals surface area contributed by atoms with Crippen molar-refractivity contribution >= 4 is 16.7 Å². The van der Waals surface area contributed by atoms with E-state index in [2.05, 4.69) is 5.32 Å². The van der Waals surface area contributed by atoms with Crippen LogP contribution in [0.15, 0.2) is 42.5 Å². The van der Waals surface area contributed by atoms with Crippen LogP contribution in [0.2, 0.25) is 0 Å². The summed E-state index contributed by atoms with van der Waals surface area (Å²) in [6.07, 6.45) is -9.23. The first kappa shape index (κ1) is 27.0. The summed E-state index contributed by atoms with van der Waals surface area (Å²) in [6, 6.07) is 13.5. The number of aliphatic carboxylic acids is 1. The molecule has 4 N–H and O–H groups in total. The molecule has 1 fully saturated rings. The summed E-state index contributed by atoms with van der Waals surface area (Å²) in [5.41, 5.74) is 0. The average molecular weight is 457 g/mol. The van der Waals surface area contributed by atoms with Crippen LogP contribution in [0.25, 0.3) is 10.8 Å². The van der Waals surface area contributed by atoms with Gasteiger partial charge in [0.25, 0.3) is 0 Å². The number of carboxylic acid groups (broad SMARTS) is 1. The van der Waals surface area contributed by atoms with Gasteiger partial charge in [0.05, 0.1) is 5.97 Å². The zero-order valence-electron chi connectivity index (χ0n) is 18.4. The predicted octanol–water partition coefficient (Wildman–Crippen LogP) is -3.84. The zero-order chi connectivity index (χ0) is 22.5. The van der Waals surface area contributed by atoms with Crippen molar-refractivity contribution in [3.63, 3.8) is 0 Å². The summed E-state index contributed by atoms with van der Waals surface area (Å²) in [5.74, 6) is -1.07. The molecule has 6 atom stereocenters. The Morgan fingerprint density at radius 1 is 1.09 bits per heavy atom. The minimum absolute atomic E-state index is 0. The second-order valence-electron chi connectivity index (χ2n) is 7.83. The van der Waals surface area contributed by atoms with Crippen molar-refractivity contribution < 1.29 is 69.0 Å². The Morgan fingerprint density at radius 3 is 2.47 bits per heavy atom. The molecule has 0 saturated carbocycles. The second-order valence-corrected chi connectivity index (χ2v) is 7.83. The van der Waals surface area contributed by atoms with Gasteiger partial charge in [0, 0.05) is 18.0 Å². The first-order chi connectivity index (χ1) is 14.8. The van der Waals surface area contributed by atoms with Gasteiger partial charge in [-0.2, -0.15) is 0 Å². The monoisotopic (exact) mass is 457 g/mol. The molecule has 10 heteroatoms. The number of benzene rings is 2. The minimum atomic E-state index is -1.83. The first-order valence-electron chi connectivity index (χ1n) is 10.2. The standard InChI is InChI=1S/C22H29NO8.Na/c1-12(2)23-10-14(11-29-16-9-5-7-13-6-3-4-8-15(13)16)30-22-19(26)17(24)18(25)20(31-22)21(27)28;/h3-9,12,14,17-20,22-26H,10-11H2,1-2H3,(H,27,28);/q;+1/p-1/t14?,17?,18-,19+,20?,22+;/m1./s1. The van der Waals surface area contributed by atoms with Crippen molar-refractivity contribution in [2.24, 2.45) is 0 Å². The molecule has 1 aliphatic rings. The topological polar surface area (TPSA) is 141 Å². The van der Waals surface area contributed by atoms with Crippen molar-refractivity contribution in [1.82, 2.24) is 5.32 Å². The van der Waals surface area contributed by atoms with E-state index in [-0.39, 0.29) is 42.2 Å². The summed E-state index contributed by atoms with van der Waals surface area (Å²) < 4.78 is 16.9. The van der Waals surface area contributed by atoms with Gasteiger partial charge in [-0.25, -0.2) is 0 Å². The van der Waals surface area contributed by atoms with Gasteiger partial charge in [0.15, 0.2) is 6.29 Å². The number of fused-ring (bicyclic) bond motifs is 1. The molecule has 170 valence electrons. The Hall–Kier alpha value is -1.27. The van der Waals surface area contributed by atoms with Crippen LogP contribution in [-0.2, 0) is 14.3 Å². The quantitative estimate of drug-likeness (QED) is 0.279. The number of aliphatic hydroxyl groups excluding tert-OH is 3. The molecular weight excluding hydrogens is 429 g/mol. The van der Waals surface area contributed by atoms with Crippen molar-refractivity contribution in [3.8, 4) is 5.75 Å². The maximum atomic E-state index is 11.2. The Bertz CT molecular complexity index is 877. The number of hydrogen-bond donors (Lipinski definition) is 4. The van der Waals surface area contributed by atoms with Gasteiger partial charge in [-0.05, 0) is 11.5 Å². The Kier molecular flexibility index (Phi) is 10.3. The molecule has 0 aliphatic carbocycles. The number of ether oxygens (including phenoxy) is 3. The van der Waals surface area contributed by atoms with Crippen molar-refractivity contribution in [3.05, 3.63) is 42.5 Å². The van der Waals surface area contributed by atoms with E-state index in [4.69, 9.17) is 14.2 Å². The molecule has 9 nitrogen and oxygen atoms in total. The van der Waals surface area contributed by atoms with Crippen LogP contribution >= 0.6 is 0 Å². The predicted molar refractivity (Wildman–Crippen MR) is 109 cm³/mol. The average Bonchev–Trinajstić information content (AvgIpc) is 2.75. The third kappa shape index (κ3) is 6.63. The number of carbonyl (C=O) groups is 1. The fourth-order valence-electron chi connectivity index (χ4n) is 3.36. The van der Waals surface area contributed by atoms with Gasteiger partial charge in [-0.15, -0.1) is 0 Å². The zero-order valence-corrected chi connectivity index (χ0v) is 20.4. The molecule has 1 aliphatic heterocycles. The van der Waals surface area contributed by atoms with E-state index in [1.807, 2.05) is 56.3 Å². The fraction of sp³-hybridized carbons (Fsp3) is 0.500. The SMILES string of the molecule is CC(C)NCC(COc1cccc2ccccc12)O[C@H]1OC(C(=O)[O-])[C@H](O)C(O)[C@@H]1O.[Na+]. The summed E-state index contributed by atoms with van der Waals surface area (Å²) >= 11 is 0. The van der Waals surface area contributed by atoms with Crippen LogP contribution in [0.3, 0.4) is 0 Å². The Morgan fingerprint density at radius 2 is 1.78 bits per heavy atom. The van der Waals surface area contributed by atoms with Crippen LogP contribution < -0.4 is 44.7 Å². The maximum Gasteiger partial charge on any atom is 1.00 e. The number of nitrogens with one attached hydrogen (secondary N) is 1. The Balaban J connectivity index is 0.00000363. The molecule has 0 spiro atoms. The molecule has 0 bridgehead atoms. The van der Waals surface area contributed by atoms with E-state index in [9.17, 15) is 25.2 Å². The number of rotatable bonds is 9. The van der Waals surface area contributed by atoms with Crippen molar-refractivity contribution in [2.75, 3.05) is 13.2 Å². The summed E-state index contributed by atoms with van der Waals surface area (Å²) in [6.45, 7) is 4.26. The molecule has 1 heterocycles. The number of carbonyl (C=O) groups excluding carboxylic acids is 1. The fourth-order valence-corrected chi connectivity index (χ4v) is 3.36. The third-order valence-corrected chi connectivity index (χ3v) is 5.06. The van der Waals surface area contributed by atoms with Gasteiger partial charge in [-0.1, -0.05) is 50.2 Å². The van der Waals surface area contributed by atoms with E-state index in [1.54, 1.807) is 0 Å². The van der Waals surface area contributed by atoms with Gasteiger partial charge >= 0.3 is 29.6 Å². The summed E-state index contributed by atoms with van der Waals surface area (Å²) in [4.78, 5) is 11.2. The van der Waals surface area contributed by atoms with Crippen LogP contribution in [0, 0.1) is 0 Å². The molecule has 0 radical (unpaired) electrons. The number of carboxylic acids is 1. The molecule has 1 saturated heterocycles. The van der Waals surface area contributed by atoms with Crippen LogP contribution in [0.4, 0.5) is 0 Å². The molecule has 0 amide bonds. The van der Waals surface area contributed by atoms with E-state index >= 15 is 0 Å². The second kappa shape index (κ2) is 12.3. The van der Waals surface area contributed by atoms with Gasteiger partial charge in [-0.3, -0.25) is 0 Å². The smallest absolute Gasteiger partial charge is 0.547 e. The van der Waals surface area contributed by atoms with E-state index in [0.29, 0.717) is 12.3 Å². The normalized spacial score (nSPS) is 26.5. The number of hydrogen-bond acceptors (Lipinski definition) is 9. The van der Waals surface area contributed by atoms with E-state index in [1.165, 1.54) is 0 Å². The molecule has 2 aromatic rings.